The van der Waals surface area contributed by atoms with Crippen LogP contribution in [0.3, 0.4) is 0 Å². The third-order valence-electron chi connectivity index (χ3n) is 6.19. The fraction of sp³-hybridized carbons (Fsp3) is 0.895. The summed E-state index contributed by atoms with van der Waals surface area (Å²) in [5.74, 6) is 0.671. The SMILES string of the molecule is C[C@H]1CCC[C@@]2(C1)OC[C@@H](C(=O)NC[C@@H]1CCCO1)N2C(=O)C1CC1. The predicted molar refractivity (Wildman–Crippen MR) is 91.7 cm³/mol. The van der Waals surface area contributed by atoms with E-state index >= 15 is 0 Å². The summed E-state index contributed by atoms with van der Waals surface area (Å²) in [6, 6.07) is -0.486. The Kier molecular flexibility index (Phi) is 4.75. The smallest absolute Gasteiger partial charge is 0.245 e. The topological polar surface area (TPSA) is 67.9 Å². The van der Waals surface area contributed by atoms with Crippen molar-refractivity contribution in [1.82, 2.24) is 10.2 Å². The molecule has 140 valence electrons. The number of nitrogens with zero attached hydrogens (tertiary/aromatic N) is 1. The van der Waals surface area contributed by atoms with E-state index in [-0.39, 0.29) is 23.8 Å². The van der Waals surface area contributed by atoms with Gasteiger partial charge in [-0.2, -0.15) is 0 Å². The molecular weight excluding hydrogens is 320 g/mol. The number of carbonyl (C=O) groups excluding carboxylic acids is 2. The Hall–Kier alpha value is -1.14. The van der Waals surface area contributed by atoms with E-state index in [1.54, 1.807) is 0 Å². The molecule has 4 aliphatic rings. The predicted octanol–water partition coefficient (Wildman–Crippen LogP) is 1.83. The van der Waals surface area contributed by atoms with E-state index in [4.69, 9.17) is 9.47 Å². The number of amides is 2. The first-order valence-corrected chi connectivity index (χ1v) is 9.95. The Morgan fingerprint density at radius 3 is 2.72 bits per heavy atom. The maximum Gasteiger partial charge on any atom is 0.245 e. The lowest BCUT2D eigenvalue weighted by molar-refractivity contribution is -0.164. The monoisotopic (exact) mass is 350 g/mol. The van der Waals surface area contributed by atoms with Crippen molar-refractivity contribution >= 4 is 11.8 Å². The fourth-order valence-corrected chi connectivity index (χ4v) is 4.70. The molecule has 2 heterocycles. The second-order valence-corrected chi connectivity index (χ2v) is 8.34. The van der Waals surface area contributed by atoms with Gasteiger partial charge in [-0.1, -0.05) is 13.3 Å². The summed E-state index contributed by atoms with van der Waals surface area (Å²) in [7, 11) is 0. The number of hydrogen-bond acceptors (Lipinski definition) is 4. The quantitative estimate of drug-likeness (QED) is 0.840. The molecule has 0 aromatic rings. The largest absolute Gasteiger partial charge is 0.376 e. The lowest BCUT2D eigenvalue weighted by Gasteiger charge is -2.43. The van der Waals surface area contributed by atoms with Crippen LogP contribution in [0.15, 0.2) is 0 Å². The minimum absolute atomic E-state index is 0.0837. The van der Waals surface area contributed by atoms with Crippen LogP contribution in [0.2, 0.25) is 0 Å². The molecule has 0 aromatic carbocycles. The first kappa shape index (κ1) is 17.3. The Labute approximate surface area is 149 Å². The summed E-state index contributed by atoms with van der Waals surface area (Å²) in [5.41, 5.74) is -0.552. The van der Waals surface area contributed by atoms with Gasteiger partial charge in [0.2, 0.25) is 11.8 Å². The molecule has 0 aromatic heterocycles. The van der Waals surface area contributed by atoms with Gasteiger partial charge in [0, 0.05) is 19.1 Å². The normalized spacial score (nSPS) is 38.3. The molecule has 0 bridgehead atoms. The van der Waals surface area contributed by atoms with Crippen molar-refractivity contribution in [1.29, 1.82) is 0 Å². The lowest BCUT2D eigenvalue weighted by Crippen LogP contribution is -2.58. The average Bonchev–Trinajstić information content (AvgIpc) is 3.20. The van der Waals surface area contributed by atoms with Crippen LogP contribution in [-0.2, 0) is 19.1 Å². The molecule has 1 N–H and O–H groups in total. The Morgan fingerprint density at radius 2 is 2.04 bits per heavy atom. The summed E-state index contributed by atoms with van der Waals surface area (Å²) in [6.07, 6.45) is 7.99. The number of nitrogens with one attached hydrogen (secondary N) is 1. The van der Waals surface area contributed by atoms with E-state index in [1.807, 2.05) is 4.90 Å². The zero-order valence-corrected chi connectivity index (χ0v) is 15.2. The highest BCUT2D eigenvalue weighted by Crippen LogP contribution is 2.45. The Morgan fingerprint density at radius 1 is 1.20 bits per heavy atom. The zero-order valence-electron chi connectivity index (χ0n) is 15.2. The van der Waals surface area contributed by atoms with Crippen molar-refractivity contribution in [2.45, 2.75) is 76.2 Å². The molecule has 4 atom stereocenters. The van der Waals surface area contributed by atoms with Gasteiger partial charge in [-0.25, -0.2) is 0 Å². The second-order valence-electron chi connectivity index (χ2n) is 8.34. The standard InChI is InChI=1S/C19H30N2O4/c1-13-4-2-8-19(10-13)21(18(23)14-6-7-14)16(12-25-19)17(22)20-11-15-5-3-9-24-15/h13-16H,2-12H2,1H3,(H,20,22)/t13-,15-,16-,19-/m0/s1. The van der Waals surface area contributed by atoms with Crippen LogP contribution in [0.5, 0.6) is 0 Å². The fourth-order valence-electron chi connectivity index (χ4n) is 4.70. The van der Waals surface area contributed by atoms with Crippen LogP contribution in [0.25, 0.3) is 0 Å². The van der Waals surface area contributed by atoms with E-state index < -0.39 is 11.8 Å². The molecule has 2 aliphatic carbocycles. The number of hydrogen-bond donors (Lipinski definition) is 1. The first-order valence-electron chi connectivity index (χ1n) is 9.95. The van der Waals surface area contributed by atoms with E-state index in [2.05, 4.69) is 12.2 Å². The van der Waals surface area contributed by atoms with Crippen molar-refractivity contribution in [2.75, 3.05) is 19.8 Å². The molecular formula is C19H30N2O4. The van der Waals surface area contributed by atoms with Gasteiger partial charge in [-0.05, 0) is 50.9 Å². The highest BCUT2D eigenvalue weighted by molar-refractivity contribution is 5.90. The lowest BCUT2D eigenvalue weighted by atomic mass is 9.83. The number of rotatable bonds is 4. The van der Waals surface area contributed by atoms with Gasteiger partial charge in [0.05, 0.1) is 12.7 Å². The van der Waals surface area contributed by atoms with Crippen LogP contribution in [0.1, 0.15) is 58.3 Å². The molecule has 6 heteroatoms. The summed E-state index contributed by atoms with van der Waals surface area (Å²) in [5, 5.41) is 3.01. The van der Waals surface area contributed by atoms with E-state index in [0.717, 1.165) is 51.6 Å². The van der Waals surface area contributed by atoms with Gasteiger partial charge >= 0.3 is 0 Å². The maximum absolute atomic E-state index is 13.0. The van der Waals surface area contributed by atoms with Gasteiger partial charge in [-0.15, -0.1) is 0 Å². The van der Waals surface area contributed by atoms with Gasteiger partial charge in [0.25, 0.3) is 0 Å². The molecule has 4 fully saturated rings. The van der Waals surface area contributed by atoms with E-state index in [1.165, 1.54) is 6.42 Å². The summed E-state index contributed by atoms with van der Waals surface area (Å²) < 4.78 is 11.8. The van der Waals surface area contributed by atoms with Gasteiger partial charge in [0.1, 0.15) is 11.8 Å². The van der Waals surface area contributed by atoms with E-state index in [9.17, 15) is 9.59 Å². The number of ether oxygens (including phenoxy) is 2. The summed E-state index contributed by atoms with van der Waals surface area (Å²) >= 11 is 0. The molecule has 6 nitrogen and oxygen atoms in total. The van der Waals surface area contributed by atoms with Crippen LogP contribution in [-0.4, -0.2) is 54.3 Å². The van der Waals surface area contributed by atoms with Crippen LogP contribution < -0.4 is 5.32 Å². The third kappa shape index (κ3) is 3.43. The number of carbonyl (C=O) groups is 2. The second kappa shape index (κ2) is 6.88. The molecule has 0 radical (unpaired) electrons. The van der Waals surface area contributed by atoms with Crippen LogP contribution in [0.4, 0.5) is 0 Å². The molecule has 2 saturated heterocycles. The Balaban J connectivity index is 1.47. The van der Waals surface area contributed by atoms with Gasteiger partial charge in [-0.3, -0.25) is 14.5 Å². The van der Waals surface area contributed by atoms with Crippen molar-refractivity contribution in [3.63, 3.8) is 0 Å². The molecule has 1 spiro atoms. The van der Waals surface area contributed by atoms with Crippen molar-refractivity contribution in [3.05, 3.63) is 0 Å². The minimum Gasteiger partial charge on any atom is -0.376 e. The Bertz CT molecular complexity index is 530. The first-order chi connectivity index (χ1) is 12.1. The molecule has 2 saturated carbocycles. The zero-order chi connectivity index (χ0) is 17.4. The average molecular weight is 350 g/mol. The summed E-state index contributed by atoms with van der Waals surface area (Å²) in [6.45, 7) is 3.85. The molecule has 4 rings (SSSR count). The molecule has 2 amide bonds. The maximum atomic E-state index is 13.0. The van der Waals surface area contributed by atoms with Crippen LogP contribution >= 0.6 is 0 Å². The van der Waals surface area contributed by atoms with Gasteiger partial charge < -0.3 is 14.8 Å². The molecule has 25 heavy (non-hydrogen) atoms. The van der Waals surface area contributed by atoms with Gasteiger partial charge in [0.15, 0.2) is 0 Å². The minimum atomic E-state index is -0.552. The molecule has 0 unspecified atom stereocenters. The van der Waals surface area contributed by atoms with Crippen LogP contribution in [0, 0.1) is 11.8 Å². The third-order valence-corrected chi connectivity index (χ3v) is 6.19. The highest BCUT2D eigenvalue weighted by Gasteiger charge is 2.55. The molecule has 2 aliphatic heterocycles. The van der Waals surface area contributed by atoms with Crippen molar-refractivity contribution < 1.29 is 19.1 Å². The highest BCUT2D eigenvalue weighted by atomic mass is 16.5. The van der Waals surface area contributed by atoms with Crippen molar-refractivity contribution in [2.24, 2.45) is 11.8 Å². The summed E-state index contributed by atoms with van der Waals surface area (Å²) in [4.78, 5) is 27.7. The van der Waals surface area contributed by atoms with Crippen molar-refractivity contribution in [3.8, 4) is 0 Å². The van der Waals surface area contributed by atoms with E-state index in [0.29, 0.717) is 19.1 Å².